The molecule has 1 atom stereocenters. The Kier molecular flexibility index (Phi) is 3.82. The largest absolute Gasteiger partial charge is 0.381 e. The lowest BCUT2D eigenvalue weighted by molar-refractivity contribution is 0.0410. The van der Waals surface area contributed by atoms with E-state index < -0.39 is 0 Å². The maximum Gasteiger partial charge on any atom is 0.0480 e. The first-order chi connectivity index (χ1) is 6.90. The molecule has 2 heterocycles. The van der Waals surface area contributed by atoms with Gasteiger partial charge in [-0.1, -0.05) is 13.3 Å². The second-order valence-electron chi connectivity index (χ2n) is 4.78. The summed E-state index contributed by atoms with van der Waals surface area (Å²) in [5.74, 6) is 0.989. The van der Waals surface area contributed by atoms with Gasteiger partial charge in [0.1, 0.15) is 0 Å². The Morgan fingerprint density at radius 3 is 2.71 bits per heavy atom. The summed E-state index contributed by atoms with van der Waals surface area (Å²) in [5.41, 5.74) is 0. The molecule has 0 aromatic heterocycles. The van der Waals surface area contributed by atoms with Crippen LogP contribution in [0.5, 0.6) is 0 Å². The monoisotopic (exact) mass is 197 g/mol. The van der Waals surface area contributed by atoms with E-state index in [-0.39, 0.29) is 0 Å². The van der Waals surface area contributed by atoms with Crippen LogP contribution in [0.15, 0.2) is 0 Å². The molecule has 0 aliphatic carbocycles. The average molecular weight is 197 g/mol. The standard InChI is InChI=1S/C12H23NO/c1-2-3-11-4-7-13(10-11)12-5-8-14-9-6-12/h11-12H,2-10H2,1H3/t11-/m1/s1. The quantitative estimate of drug-likeness (QED) is 0.688. The van der Waals surface area contributed by atoms with Crippen molar-refractivity contribution in [1.82, 2.24) is 4.90 Å². The van der Waals surface area contributed by atoms with Crippen molar-refractivity contribution in [1.29, 1.82) is 0 Å². The molecule has 0 saturated carbocycles. The number of hydrogen-bond acceptors (Lipinski definition) is 2. The minimum atomic E-state index is 0.839. The van der Waals surface area contributed by atoms with Gasteiger partial charge in [-0.3, -0.25) is 4.90 Å². The first-order valence-electron chi connectivity index (χ1n) is 6.22. The summed E-state index contributed by atoms with van der Waals surface area (Å²) in [6.45, 7) is 6.98. The van der Waals surface area contributed by atoms with Crippen LogP contribution in [0.3, 0.4) is 0 Å². The minimum absolute atomic E-state index is 0.839. The van der Waals surface area contributed by atoms with E-state index in [2.05, 4.69) is 11.8 Å². The fourth-order valence-electron chi connectivity index (χ4n) is 2.89. The Bertz CT molecular complexity index is 166. The Labute approximate surface area is 87.6 Å². The topological polar surface area (TPSA) is 12.5 Å². The molecule has 2 nitrogen and oxygen atoms in total. The number of rotatable bonds is 3. The third-order valence-corrected chi connectivity index (χ3v) is 3.72. The van der Waals surface area contributed by atoms with Crippen molar-refractivity contribution in [3.05, 3.63) is 0 Å². The number of ether oxygens (including phenoxy) is 1. The molecule has 0 unspecified atom stereocenters. The van der Waals surface area contributed by atoms with Gasteiger partial charge in [0.05, 0.1) is 0 Å². The van der Waals surface area contributed by atoms with E-state index in [0.717, 1.165) is 25.2 Å². The molecule has 0 amide bonds. The van der Waals surface area contributed by atoms with Gasteiger partial charge >= 0.3 is 0 Å². The molecule has 0 spiro atoms. The Morgan fingerprint density at radius 2 is 2.00 bits per heavy atom. The summed E-state index contributed by atoms with van der Waals surface area (Å²) < 4.78 is 5.41. The van der Waals surface area contributed by atoms with E-state index in [9.17, 15) is 0 Å². The minimum Gasteiger partial charge on any atom is -0.381 e. The van der Waals surface area contributed by atoms with Gasteiger partial charge in [0.15, 0.2) is 0 Å². The molecule has 0 bridgehead atoms. The van der Waals surface area contributed by atoms with Crippen molar-refractivity contribution in [2.45, 2.75) is 45.1 Å². The van der Waals surface area contributed by atoms with Crippen LogP contribution in [0, 0.1) is 5.92 Å². The first kappa shape index (κ1) is 10.4. The molecule has 2 saturated heterocycles. The zero-order chi connectivity index (χ0) is 9.80. The van der Waals surface area contributed by atoms with Gasteiger partial charge < -0.3 is 4.74 Å². The maximum atomic E-state index is 5.41. The van der Waals surface area contributed by atoms with Crippen molar-refractivity contribution in [3.63, 3.8) is 0 Å². The zero-order valence-corrected chi connectivity index (χ0v) is 9.37. The van der Waals surface area contributed by atoms with Crippen molar-refractivity contribution in [2.24, 2.45) is 5.92 Å². The van der Waals surface area contributed by atoms with Crippen molar-refractivity contribution in [3.8, 4) is 0 Å². The van der Waals surface area contributed by atoms with Crippen LogP contribution in [0.4, 0.5) is 0 Å². The van der Waals surface area contributed by atoms with E-state index in [1.165, 1.54) is 45.2 Å². The number of hydrogen-bond donors (Lipinski definition) is 0. The molecule has 2 aliphatic heterocycles. The molecule has 2 aliphatic rings. The summed E-state index contributed by atoms with van der Waals surface area (Å²) in [5, 5.41) is 0. The maximum absolute atomic E-state index is 5.41. The van der Waals surface area contributed by atoms with Crippen molar-refractivity contribution in [2.75, 3.05) is 26.3 Å². The normalized spacial score (nSPS) is 31.1. The molecule has 0 N–H and O–H groups in total. The number of nitrogens with zero attached hydrogens (tertiary/aromatic N) is 1. The SMILES string of the molecule is CCC[C@@H]1CCN(C2CCOCC2)C1. The summed E-state index contributed by atoms with van der Waals surface area (Å²) in [6.07, 6.45) is 6.74. The summed E-state index contributed by atoms with van der Waals surface area (Å²) in [6, 6.07) is 0.839. The fourth-order valence-corrected chi connectivity index (χ4v) is 2.89. The van der Waals surface area contributed by atoms with Crippen molar-refractivity contribution >= 4 is 0 Å². The molecule has 0 radical (unpaired) electrons. The Hall–Kier alpha value is -0.0800. The van der Waals surface area contributed by atoms with Crippen LogP contribution in [-0.4, -0.2) is 37.2 Å². The third kappa shape index (κ3) is 2.48. The average Bonchev–Trinajstić information content (AvgIpc) is 2.68. The second kappa shape index (κ2) is 5.13. The first-order valence-corrected chi connectivity index (χ1v) is 6.22. The lowest BCUT2D eigenvalue weighted by Gasteiger charge is -2.31. The highest BCUT2D eigenvalue weighted by Gasteiger charge is 2.28. The van der Waals surface area contributed by atoms with Gasteiger partial charge in [0.25, 0.3) is 0 Å². The fraction of sp³-hybridized carbons (Fsp3) is 1.00. The molecule has 14 heavy (non-hydrogen) atoms. The van der Waals surface area contributed by atoms with Crippen LogP contribution in [0.2, 0.25) is 0 Å². The lowest BCUT2D eigenvalue weighted by Crippen LogP contribution is -2.37. The third-order valence-electron chi connectivity index (χ3n) is 3.72. The van der Waals surface area contributed by atoms with Crippen LogP contribution in [-0.2, 0) is 4.74 Å². The molecule has 2 fully saturated rings. The predicted octanol–water partition coefficient (Wildman–Crippen LogP) is 2.29. The highest BCUT2D eigenvalue weighted by Crippen LogP contribution is 2.25. The van der Waals surface area contributed by atoms with E-state index in [1.54, 1.807) is 0 Å². The molecule has 2 heteroatoms. The molecule has 82 valence electrons. The summed E-state index contributed by atoms with van der Waals surface area (Å²) in [4.78, 5) is 2.71. The van der Waals surface area contributed by atoms with Gasteiger partial charge in [-0.2, -0.15) is 0 Å². The lowest BCUT2D eigenvalue weighted by atomic mass is 10.0. The number of likely N-dealkylation sites (tertiary alicyclic amines) is 1. The molecular formula is C12H23NO. The van der Waals surface area contributed by atoms with Gasteiger partial charge in [0, 0.05) is 25.8 Å². The van der Waals surface area contributed by atoms with Crippen LogP contribution >= 0.6 is 0 Å². The summed E-state index contributed by atoms with van der Waals surface area (Å²) >= 11 is 0. The van der Waals surface area contributed by atoms with Gasteiger partial charge in [-0.05, 0) is 38.1 Å². The van der Waals surface area contributed by atoms with Crippen LogP contribution in [0.25, 0.3) is 0 Å². The smallest absolute Gasteiger partial charge is 0.0480 e. The van der Waals surface area contributed by atoms with Crippen LogP contribution in [0.1, 0.15) is 39.0 Å². The van der Waals surface area contributed by atoms with E-state index in [1.807, 2.05) is 0 Å². The van der Waals surface area contributed by atoms with Crippen LogP contribution < -0.4 is 0 Å². The van der Waals surface area contributed by atoms with E-state index in [4.69, 9.17) is 4.74 Å². The Balaban J connectivity index is 1.76. The predicted molar refractivity (Wildman–Crippen MR) is 58.4 cm³/mol. The summed E-state index contributed by atoms with van der Waals surface area (Å²) in [7, 11) is 0. The molecule has 0 aromatic carbocycles. The second-order valence-corrected chi connectivity index (χ2v) is 4.78. The highest BCUT2D eigenvalue weighted by molar-refractivity contribution is 4.82. The van der Waals surface area contributed by atoms with Gasteiger partial charge in [0.2, 0.25) is 0 Å². The molecule has 2 rings (SSSR count). The van der Waals surface area contributed by atoms with Gasteiger partial charge in [-0.15, -0.1) is 0 Å². The highest BCUT2D eigenvalue weighted by atomic mass is 16.5. The van der Waals surface area contributed by atoms with Crippen molar-refractivity contribution < 1.29 is 4.74 Å². The van der Waals surface area contributed by atoms with Gasteiger partial charge in [-0.25, -0.2) is 0 Å². The van der Waals surface area contributed by atoms with E-state index in [0.29, 0.717) is 0 Å². The zero-order valence-electron chi connectivity index (χ0n) is 9.37. The molecule has 0 aromatic rings. The van der Waals surface area contributed by atoms with E-state index >= 15 is 0 Å². The molecular weight excluding hydrogens is 174 g/mol. The Morgan fingerprint density at radius 1 is 1.21 bits per heavy atom.